The fourth-order valence-electron chi connectivity index (χ4n) is 1.71. The first-order chi connectivity index (χ1) is 6.88. The SMILES string of the molecule is Cl.O=C(N1CCOCC1)N1CCOCC1. The molecule has 2 amide bonds. The van der Waals surface area contributed by atoms with Crippen LogP contribution in [0.3, 0.4) is 0 Å². The summed E-state index contributed by atoms with van der Waals surface area (Å²) in [5.74, 6) is 0. The summed E-state index contributed by atoms with van der Waals surface area (Å²) in [4.78, 5) is 15.6. The molecule has 2 saturated heterocycles. The second-order valence-corrected chi connectivity index (χ2v) is 3.48. The molecule has 2 fully saturated rings. The number of ether oxygens (including phenoxy) is 2. The standard InChI is InChI=1S/C9H16N2O3.ClH/c12-9(10-1-5-13-6-2-10)11-3-7-14-8-4-11;/h1-8H2;1H. The molecule has 0 bridgehead atoms. The minimum Gasteiger partial charge on any atom is -0.378 e. The number of hydrogen-bond acceptors (Lipinski definition) is 3. The Morgan fingerprint density at radius 1 is 0.800 bits per heavy atom. The molecule has 0 spiro atoms. The Hall–Kier alpha value is -0.520. The highest BCUT2D eigenvalue weighted by Gasteiger charge is 2.23. The van der Waals surface area contributed by atoms with Crippen molar-refractivity contribution in [2.75, 3.05) is 52.6 Å². The van der Waals surface area contributed by atoms with E-state index in [1.165, 1.54) is 0 Å². The maximum absolute atomic E-state index is 11.9. The van der Waals surface area contributed by atoms with Gasteiger partial charge in [0.1, 0.15) is 0 Å². The lowest BCUT2D eigenvalue weighted by molar-refractivity contribution is 0.0189. The summed E-state index contributed by atoms with van der Waals surface area (Å²) in [6.07, 6.45) is 0. The van der Waals surface area contributed by atoms with Gasteiger partial charge in [-0.3, -0.25) is 0 Å². The van der Waals surface area contributed by atoms with Crippen molar-refractivity contribution in [1.29, 1.82) is 0 Å². The highest BCUT2D eigenvalue weighted by atomic mass is 35.5. The Morgan fingerprint density at radius 3 is 1.47 bits per heavy atom. The Labute approximate surface area is 95.7 Å². The number of nitrogens with zero attached hydrogens (tertiary/aromatic N) is 2. The molecule has 0 aromatic rings. The molecule has 0 N–H and O–H groups in total. The second kappa shape index (κ2) is 6.15. The van der Waals surface area contributed by atoms with Crippen molar-refractivity contribution >= 4 is 18.4 Å². The number of halogens is 1. The van der Waals surface area contributed by atoms with Crippen LogP contribution < -0.4 is 0 Å². The van der Waals surface area contributed by atoms with Gasteiger partial charge in [-0.05, 0) is 0 Å². The Bertz CT molecular complexity index is 184. The first-order valence-corrected chi connectivity index (χ1v) is 5.07. The normalized spacial score (nSPS) is 22.1. The molecule has 5 nitrogen and oxygen atoms in total. The summed E-state index contributed by atoms with van der Waals surface area (Å²) >= 11 is 0. The Kier molecular flexibility index (Phi) is 5.14. The topological polar surface area (TPSA) is 42.0 Å². The van der Waals surface area contributed by atoms with Gasteiger partial charge in [0, 0.05) is 26.2 Å². The molecule has 6 heteroatoms. The summed E-state index contributed by atoms with van der Waals surface area (Å²) in [5, 5.41) is 0. The number of morpholine rings is 2. The first kappa shape index (κ1) is 12.5. The van der Waals surface area contributed by atoms with Crippen LogP contribution in [0, 0.1) is 0 Å². The Morgan fingerprint density at radius 2 is 1.13 bits per heavy atom. The minimum absolute atomic E-state index is 0. The number of hydrogen-bond donors (Lipinski definition) is 0. The monoisotopic (exact) mass is 236 g/mol. The second-order valence-electron chi connectivity index (χ2n) is 3.48. The predicted molar refractivity (Wildman–Crippen MR) is 57.4 cm³/mol. The van der Waals surface area contributed by atoms with Crippen LogP contribution in [-0.2, 0) is 9.47 Å². The smallest absolute Gasteiger partial charge is 0.320 e. The van der Waals surface area contributed by atoms with Gasteiger partial charge in [0.2, 0.25) is 0 Å². The van der Waals surface area contributed by atoms with Gasteiger partial charge >= 0.3 is 6.03 Å². The molecule has 0 saturated carbocycles. The quantitative estimate of drug-likeness (QED) is 0.603. The van der Waals surface area contributed by atoms with Gasteiger partial charge in [0.15, 0.2) is 0 Å². The van der Waals surface area contributed by atoms with Crippen LogP contribution in [-0.4, -0.2) is 68.4 Å². The van der Waals surface area contributed by atoms with E-state index in [1.54, 1.807) is 0 Å². The maximum atomic E-state index is 11.9. The van der Waals surface area contributed by atoms with E-state index in [0.29, 0.717) is 26.4 Å². The molecule has 0 radical (unpaired) electrons. The van der Waals surface area contributed by atoms with E-state index in [9.17, 15) is 4.79 Å². The molecule has 0 atom stereocenters. The summed E-state index contributed by atoms with van der Waals surface area (Å²) < 4.78 is 10.4. The van der Waals surface area contributed by atoms with Gasteiger partial charge in [0.05, 0.1) is 26.4 Å². The number of urea groups is 1. The lowest BCUT2D eigenvalue weighted by Crippen LogP contribution is -2.51. The van der Waals surface area contributed by atoms with Crippen LogP contribution in [0.4, 0.5) is 4.79 Å². The third kappa shape index (κ3) is 3.22. The lowest BCUT2D eigenvalue weighted by Gasteiger charge is -2.34. The van der Waals surface area contributed by atoms with Crippen molar-refractivity contribution < 1.29 is 14.3 Å². The van der Waals surface area contributed by atoms with Crippen LogP contribution in [0.2, 0.25) is 0 Å². The van der Waals surface area contributed by atoms with Crippen LogP contribution in [0.25, 0.3) is 0 Å². The first-order valence-electron chi connectivity index (χ1n) is 5.07. The summed E-state index contributed by atoms with van der Waals surface area (Å²) in [7, 11) is 0. The number of rotatable bonds is 0. The third-order valence-electron chi connectivity index (χ3n) is 2.56. The van der Waals surface area contributed by atoms with Gasteiger partial charge in [0.25, 0.3) is 0 Å². The van der Waals surface area contributed by atoms with Crippen molar-refractivity contribution in [2.24, 2.45) is 0 Å². The van der Waals surface area contributed by atoms with E-state index in [-0.39, 0.29) is 18.4 Å². The maximum Gasteiger partial charge on any atom is 0.320 e. The molecule has 0 aliphatic carbocycles. The molecule has 0 aromatic carbocycles. The largest absolute Gasteiger partial charge is 0.378 e. The van der Waals surface area contributed by atoms with Crippen LogP contribution in [0.5, 0.6) is 0 Å². The van der Waals surface area contributed by atoms with Crippen molar-refractivity contribution in [3.63, 3.8) is 0 Å². The average molecular weight is 237 g/mol. The highest BCUT2D eigenvalue weighted by Crippen LogP contribution is 2.05. The van der Waals surface area contributed by atoms with E-state index >= 15 is 0 Å². The highest BCUT2D eigenvalue weighted by molar-refractivity contribution is 5.85. The summed E-state index contributed by atoms with van der Waals surface area (Å²) in [6, 6.07) is 0.136. The zero-order valence-corrected chi connectivity index (χ0v) is 9.50. The van der Waals surface area contributed by atoms with Crippen molar-refractivity contribution in [2.45, 2.75) is 0 Å². The van der Waals surface area contributed by atoms with Crippen molar-refractivity contribution in [3.8, 4) is 0 Å². The zero-order valence-electron chi connectivity index (χ0n) is 8.68. The van der Waals surface area contributed by atoms with E-state index in [2.05, 4.69) is 0 Å². The van der Waals surface area contributed by atoms with E-state index in [0.717, 1.165) is 26.2 Å². The van der Waals surface area contributed by atoms with Crippen molar-refractivity contribution in [3.05, 3.63) is 0 Å². The van der Waals surface area contributed by atoms with Gasteiger partial charge < -0.3 is 19.3 Å². The molecular formula is C9H17ClN2O3. The molecular weight excluding hydrogens is 220 g/mol. The van der Waals surface area contributed by atoms with Crippen LogP contribution in [0.15, 0.2) is 0 Å². The molecule has 15 heavy (non-hydrogen) atoms. The number of carbonyl (C=O) groups excluding carboxylic acids is 1. The Balaban J connectivity index is 0.00000112. The molecule has 2 rings (SSSR count). The van der Waals surface area contributed by atoms with Gasteiger partial charge in [-0.2, -0.15) is 0 Å². The average Bonchev–Trinajstić information content (AvgIpc) is 2.30. The molecule has 0 aromatic heterocycles. The fraction of sp³-hybridized carbons (Fsp3) is 0.889. The van der Waals surface area contributed by atoms with Gasteiger partial charge in [-0.15, -0.1) is 12.4 Å². The molecule has 2 aliphatic heterocycles. The minimum atomic E-state index is 0. The molecule has 88 valence electrons. The number of carbonyl (C=O) groups is 1. The lowest BCUT2D eigenvalue weighted by atomic mass is 10.4. The molecule has 2 aliphatic rings. The zero-order chi connectivity index (χ0) is 9.80. The van der Waals surface area contributed by atoms with Crippen molar-refractivity contribution in [1.82, 2.24) is 9.80 Å². The fourth-order valence-corrected chi connectivity index (χ4v) is 1.71. The van der Waals surface area contributed by atoms with Gasteiger partial charge in [-0.1, -0.05) is 0 Å². The predicted octanol–water partition coefficient (Wildman–Crippen LogP) is 0.193. The van der Waals surface area contributed by atoms with E-state index in [1.807, 2.05) is 9.80 Å². The number of amides is 2. The molecule has 2 heterocycles. The third-order valence-corrected chi connectivity index (χ3v) is 2.56. The van der Waals surface area contributed by atoms with Crippen LogP contribution >= 0.6 is 12.4 Å². The van der Waals surface area contributed by atoms with Crippen LogP contribution in [0.1, 0.15) is 0 Å². The summed E-state index contributed by atoms with van der Waals surface area (Å²) in [5.41, 5.74) is 0. The van der Waals surface area contributed by atoms with E-state index in [4.69, 9.17) is 9.47 Å². The van der Waals surface area contributed by atoms with E-state index < -0.39 is 0 Å². The summed E-state index contributed by atoms with van der Waals surface area (Å²) in [6.45, 7) is 5.52. The molecule has 0 unspecified atom stereocenters. The van der Waals surface area contributed by atoms with Gasteiger partial charge in [-0.25, -0.2) is 4.79 Å².